The molecule has 0 radical (unpaired) electrons. The molecule has 0 amide bonds. The summed E-state index contributed by atoms with van der Waals surface area (Å²) < 4.78 is 0. The number of aryl methyl sites for hydroxylation is 1. The fourth-order valence-corrected chi connectivity index (χ4v) is 3.08. The second-order valence-corrected chi connectivity index (χ2v) is 5.85. The molecular weight excluding hydrogens is 387 g/mol. The number of hydrogen-bond donors (Lipinski definition) is 2. The Morgan fingerprint density at radius 1 is 1.27 bits per heavy atom. The first-order chi connectivity index (χ1) is 10.3. The van der Waals surface area contributed by atoms with Crippen LogP contribution in [0.15, 0.2) is 29.4 Å². The van der Waals surface area contributed by atoms with E-state index in [1.807, 2.05) is 0 Å². The Morgan fingerprint density at radius 2 is 2.05 bits per heavy atom. The van der Waals surface area contributed by atoms with Gasteiger partial charge in [0, 0.05) is 36.7 Å². The molecule has 0 spiro atoms. The molecule has 3 N–H and O–H groups in total. The summed E-state index contributed by atoms with van der Waals surface area (Å²) in [5.41, 5.74) is 9.94. The molecule has 1 fully saturated rings. The number of fused-ring (bicyclic) bond motifs is 1. The average Bonchev–Trinajstić information content (AvgIpc) is 2.93. The Balaban J connectivity index is 0.00000176. The number of halogens is 1. The van der Waals surface area contributed by atoms with Gasteiger partial charge >= 0.3 is 0 Å². The van der Waals surface area contributed by atoms with Gasteiger partial charge in [-0.1, -0.05) is 18.2 Å². The number of nitrogens with zero attached hydrogens (tertiary/aromatic N) is 2. The molecule has 4 nitrogen and oxygen atoms in total. The molecule has 2 heterocycles. The van der Waals surface area contributed by atoms with Crippen LogP contribution in [0.3, 0.4) is 0 Å². The summed E-state index contributed by atoms with van der Waals surface area (Å²) in [5, 5.41) is 1.31. The zero-order valence-corrected chi connectivity index (χ0v) is 15.5. The zero-order valence-electron chi connectivity index (χ0n) is 13.1. The number of nitrogens with one attached hydrogen (secondary N) is 1. The van der Waals surface area contributed by atoms with Crippen LogP contribution < -0.4 is 5.73 Å². The smallest absolute Gasteiger partial charge is 0.191 e. The predicted molar refractivity (Wildman–Crippen MR) is 104 cm³/mol. The summed E-state index contributed by atoms with van der Waals surface area (Å²) in [6, 6.07) is 6.42. The first-order valence-corrected chi connectivity index (χ1v) is 7.86. The Hall–Kier alpha value is -1.24. The Labute approximate surface area is 149 Å². The van der Waals surface area contributed by atoms with Crippen molar-refractivity contribution < 1.29 is 0 Å². The minimum atomic E-state index is 0. The van der Waals surface area contributed by atoms with Crippen molar-refractivity contribution in [3.63, 3.8) is 0 Å². The standard InChI is InChI=1S/C17H24N4.HI/c1-13-6-5-7-15-14(12-20-16(13)15)8-9-19-17(18)21-10-3-2-4-11-21;/h5-7,12,20H,2-4,8-11H2,1H3,(H2,18,19);1H. The molecule has 2 aromatic rings. The lowest BCUT2D eigenvalue weighted by Crippen LogP contribution is -2.41. The summed E-state index contributed by atoms with van der Waals surface area (Å²) in [5.74, 6) is 0.714. The molecule has 1 aromatic carbocycles. The van der Waals surface area contributed by atoms with Crippen LogP contribution in [0, 0.1) is 6.92 Å². The maximum atomic E-state index is 6.09. The molecule has 1 aliphatic heterocycles. The van der Waals surface area contributed by atoms with E-state index < -0.39 is 0 Å². The third-order valence-electron chi connectivity index (χ3n) is 4.34. The summed E-state index contributed by atoms with van der Waals surface area (Å²) in [6.45, 7) is 5.00. The largest absolute Gasteiger partial charge is 0.370 e. The van der Waals surface area contributed by atoms with Gasteiger partial charge in [-0.25, -0.2) is 0 Å². The second-order valence-electron chi connectivity index (χ2n) is 5.85. The summed E-state index contributed by atoms with van der Waals surface area (Å²) in [4.78, 5) is 10.1. The quantitative estimate of drug-likeness (QED) is 0.461. The van der Waals surface area contributed by atoms with E-state index in [2.05, 4.69) is 46.2 Å². The number of likely N-dealkylation sites (tertiary alicyclic amines) is 1. The van der Waals surface area contributed by atoms with Crippen molar-refractivity contribution in [1.29, 1.82) is 0 Å². The van der Waals surface area contributed by atoms with E-state index in [0.29, 0.717) is 5.96 Å². The van der Waals surface area contributed by atoms with Crippen LogP contribution in [0.4, 0.5) is 0 Å². The van der Waals surface area contributed by atoms with Crippen molar-refractivity contribution >= 4 is 40.8 Å². The summed E-state index contributed by atoms with van der Waals surface area (Å²) >= 11 is 0. The lowest BCUT2D eigenvalue weighted by molar-refractivity contribution is 0.338. The number of hydrogen-bond acceptors (Lipinski definition) is 1. The molecular formula is C17H25IN4. The lowest BCUT2D eigenvalue weighted by atomic mass is 10.1. The lowest BCUT2D eigenvalue weighted by Gasteiger charge is -2.27. The van der Waals surface area contributed by atoms with Crippen LogP contribution in [0.2, 0.25) is 0 Å². The number of aromatic nitrogens is 1. The molecule has 1 aromatic heterocycles. The number of H-pyrrole nitrogens is 1. The van der Waals surface area contributed by atoms with E-state index >= 15 is 0 Å². The van der Waals surface area contributed by atoms with E-state index in [1.165, 1.54) is 41.3 Å². The Kier molecular flexibility index (Phi) is 6.11. The SMILES string of the molecule is Cc1cccc2c(CCN=C(N)N3CCCCC3)c[nH]c12.I. The van der Waals surface area contributed by atoms with E-state index in [4.69, 9.17) is 5.73 Å². The highest BCUT2D eigenvalue weighted by Gasteiger charge is 2.11. The van der Waals surface area contributed by atoms with Crippen LogP contribution in [0.25, 0.3) is 10.9 Å². The monoisotopic (exact) mass is 412 g/mol. The van der Waals surface area contributed by atoms with Gasteiger partial charge in [-0.3, -0.25) is 4.99 Å². The van der Waals surface area contributed by atoms with Crippen molar-refractivity contribution in [3.8, 4) is 0 Å². The molecule has 120 valence electrons. The third kappa shape index (κ3) is 3.74. The number of nitrogens with two attached hydrogens (primary N) is 1. The van der Waals surface area contributed by atoms with Crippen LogP contribution in [-0.4, -0.2) is 35.5 Å². The van der Waals surface area contributed by atoms with Crippen molar-refractivity contribution in [1.82, 2.24) is 9.88 Å². The van der Waals surface area contributed by atoms with Gasteiger partial charge < -0.3 is 15.6 Å². The molecule has 1 saturated heterocycles. The molecule has 3 rings (SSSR count). The van der Waals surface area contributed by atoms with E-state index in [9.17, 15) is 0 Å². The van der Waals surface area contributed by atoms with Gasteiger partial charge in [-0.15, -0.1) is 24.0 Å². The highest BCUT2D eigenvalue weighted by Crippen LogP contribution is 2.21. The van der Waals surface area contributed by atoms with E-state index in [0.717, 1.165) is 26.1 Å². The van der Waals surface area contributed by atoms with Gasteiger partial charge in [0.2, 0.25) is 0 Å². The topological polar surface area (TPSA) is 57.4 Å². The summed E-state index contributed by atoms with van der Waals surface area (Å²) in [6.07, 6.45) is 6.82. The van der Waals surface area contributed by atoms with E-state index in [1.54, 1.807) is 0 Å². The van der Waals surface area contributed by atoms with Crippen molar-refractivity contribution in [2.75, 3.05) is 19.6 Å². The molecule has 5 heteroatoms. The number of rotatable bonds is 3. The van der Waals surface area contributed by atoms with Gasteiger partial charge in [0.05, 0.1) is 0 Å². The van der Waals surface area contributed by atoms with Crippen molar-refractivity contribution in [2.45, 2.75) is 32.6 Å². The first-order valence-electron chi connectivity index (χ1n) is 7.86. The number of aromatic amines is 1. The van der Waals surface area contributed by atoms with E-state index in [-0.39, 0.29) is 24.0 Å². The molecule has 0 unspecified atom stereocenters. The minimum Gasteiger partial charge on any atom is -0.370 e. The average molecular weight is 412 g/mol. The summed E-state index contributed by atoms with van der Waals surface area (Å²) in [7, 11) is 0. The van der Waals surface area contributed by atoms with Crippen LogP contribution in [0.5, 0.6) is 0 Å². The normalized spacial score (nSPS) is 15.9. The van der Waals surface area contributed by atoms with Crippen LogP contribution >= 0.6 is 24.0 Å². The highest BCUT2D eigenvalue weighted by molar-refractivity contribution is 14.0. The number of piperidine rings is 1. The van der Waals surface area contributed by atoms with Crippen LogP contribution in [-0.2, 0) is 6.42 Å². The highest BCUT2D eigenvalue weighted by atomic mass is 127. The Bertz CT molecular complexity index is 641. The fraction of sp³-hybridized carbons (Fsp3) is 0.471. The van der Waals surface area contributed by atoms with Gasteiger partial charge in [0.25, 0.3) is 0 Å². The minimum absolute atomic E-state index is 0. The molecule has 0 atom stereocenters. The van der Waals surface area contributed by atoms with Gasteiger partial charge in [-0.05, 0) is 43.7 Å². The molecule has 22 heavy (non-hydrogen) atoms. The maximum Gasteiger partial charge on any atom is 0.191 e. The van der Waals surface area contributed by atoms with Crippen molar-refractivity contribution in [3.05, 3.63) is 35.5 Å². The number of aliphatic imine (C=N–C) groups is 1. The molecule has 0 bridgehead atoms. The molecule has 1 aliphatic rings. The zero-order chi connectivity index (χ0) is 14.7. The third-order valence-corrected chi connectivity index (χ3v) is 4.34. The fourth-order valence-electron chi connectivity index (χ4n) is 3.08. The Morgan fingerprint density at radius 3 is 2.82 bits per heavy atom. The molecule has 0 saturated carbocycles. The predicted octanol–water partition coefficient (Wildman–Crippen LogP) is 3.44. The second kappa shape index (κ2) is 7.85. The molecule has 0 aliphatic carbocycles. The van der Waals surface area contributed by atoms with Crippen molar-refractivity contribution in [2.24, 2.45) is 10.7 Å². The van der Waals surface area contributed by atoms with Gasteiger partial charge in [0.15, 0.2) is 5.96 Å². The number of para-hydroxylation sites is 1. The number of guanidine groups is 1. The van der Waals surface area contributed by atoms with Gasteiger partial charge in [-0.2, -0.15) is 0 Å². The first kappa shape index (κ1) is 17.1. The van der Waals surface area contributed by atoms with Crippen LogP contribution in [0.1, 0.15) is 30.4 Å². The number of benzene rings is 1. The maximum absolute atomic E-state index is 6.09. The van der Waals surface area contributed by atoms with Gasteiger partial charge in [0.1, 0.15) is 0 Å².